The highest BCUT2D eigenvalue weighted by Crippen LogP contribution is 2.34. The molecule has 0 N–H and O–H groups in total. The first-order valence-electron chi connectivity index (χ1n) is 7.30. The van der Waals surface area contributed by atoms with Crippen molar-refractivity contribution in [3.63, 3.8) is 0 Å². The Kier molecular flexibility index (Phi) is 5.73. The maximum Gasteiger partial charge on any atom is 0.349 e. The van der Waals surface area contributed by atoms with Gasteiger partial charge in [0.25, 0.3) is 5.91 Å². The number of halogens is 4. The molecule has 2 aromatic rings. The van der Waals surface area contributed by atoms with Gasteiger partial charge in [-0.1, -0.05) is 46.0 Å². The molecule has 2 aromatic carbocycles. The number of amides is 1. The van der Waals surface area contributed by atoms with Gasteiger partial charge in [-0.2, -0.15) is 0 Å². The predicted octanol–water partition coefficient (Wildman–Crippen LogP) is 4.68. The van der Waals surface area contributed by atoms with Crippen molar-refractivity contribution in [3.8, 4) is 0 Å². The third kappa shape index (κ3) is 3.81. The molecule has 0 fully saturated rings. The monoisotopic (exact) mass is 430 g/mol. The fourth-order valence-electron chi connectivity index (χ4n) is 2.47. The SMILES string of the molecule is O=C(CCl)O/N=C1/C(=O)N(Cc2ccc(Cl)c(Cl)c2)c2ccc(Cl)cc21. The number of rotatable bonds is 4. The van der Waals surface area contributed by atoms with Crippen LogP contribution >= 0.6 is 46.4 Å². The van der Waals surface area contributed by atoms with Crippen LogP contribution in [0.5, 0.6) is 0 Å². The zero-order chi connectivity index (χ0) is 18.8. The molecule has 0 aromatic heterocycles. The standard InChI is InChI=1S/C17H10Cl4N2O3/c18-7-15(24)26-22-16-11-6-10(19)2-4-14(11)23(17(16)25)8-9-1-3-12(20)13(21)5-9/h1-6H,7-8H2/b22-16+. The molecule has 1 heterocycles. The minimum Gasteiger partial charge on any atom is -0.316 e. The van der Waals surface area contributed by atoms with Gasteiger partial charge in [0.05, 0.1) is 22.3 Å². The first-order chi connectivity index (χ1) is 12.4. The van der Waals surface area contributed by atoms with Crippen molar-refractivity contribution >= 4 is 69.7 Å². The van der Waals surface area contributed by atoms with E-state index in [1.54, 1.807) is 36.4 Å². The maximum atomic E-state index is 12.8. The minimum absolute atomic E-state index is 0.0268. The second kappa shape index (κ2) is 7.84. The summed E-state index contributed by atoms with van der Waals surface area (Å²) in [5.74, 6) is -1.57. The highest BCUT2D eigenvalue weighted by atomic mass is 35.5. The van der Waals surface area contributed by atoms with Crippen LogP contribution in [0.3, 0.4) is 0 Å². The molecule has 0 spiro atoms. The summed E-state index contributed by atoms with van der Waals surface area (Å²) in [6.07, 6.45) is 0. The molecule has 3 rings (SSSR count). The average Bonchev–Trinajstić information content (AvgIpc) is 2.87. The predicted molar refractivity (Wildman–Crippen MR) is 102 cm³/mol. The quantitative estimate of drug-likeness (QED) is 0.401. The number of alkyl halides is 1. The van der Waals surface area contributed by atoms with Crippen molar-refractivity contribution in [2.75, 3.05) is 10.8 Å². The van der Waals surface area contributed by atoms with Crippen LogP contribution in [0.25, 0.3) is 0 Å². The van der Waals surface area contributed by atoms with E-state index in [-0.39, 0.29) is 18.1 Å². The molecule has 1 aliphatic rings. The van der Waals surface area contributed by atoms with Gasteiger partial charge in [0.2, 0.25) is 0 Å². The lowest BCUT2D eigenvalue weighted by Gasteiger charge is -2.17. The van der Waals surface area contributed by atoms with Crippen LogP contribution in [-0.4, -0.2) is 23.5 Å². The molecule has 0 saturated heterocycles. The topological polar surface area (TPSA) is 59.0 Å². The third-order valence-corrected chi connectivity index (χ3v) is 4.82. The van der Waals surface area contributed by atoms with Gasteiger partial charge >= 0.3 is 5.97 Å². The second-order valence-corrected chi connectivity index (χ2v) is 6.86. The number of hydrogen-bond donors (Lipinski definition) is 0. The average molecular weight is 432 g/mol. The van der Waals surface area contributed by atoms with E-state index in [0.29, 0.717) is 26.3 Å². The van der Waals surface area contributed by atoms with Gasteiger partial charge in [0.1, 0.15) is 5.88 Å². The van der Waals surface area contributed by atoms with E-state index in [1.165, 1.54) is 4.90 Å². The van der Waals surface area contributed by atoms with Crippen molar-refractivity contribution in [2.45, 2.75) is 6.54 Å². The molecule has 0 radical (unpaired) electrons. The second-order valence-electron chi connectivity index (χ2n) is 5.34. The van der Waals surface area contributed by atoms with Crippen LogP contribution in [0.15, 0.2) is 41.6 Å². The van der Waals surface area contributed by atoms with Crippen LogP contribution in [-0.2, 0) is 21.0 Å². The summed E-state index contributed by atoms with van der Waals surface area (Å²) in [6.45, 7) is 0.229. The molecule has 0 atom stereocenters. The number of oxime groups is 1. The number of carbonyl (C=O) groups excluding carboxylic acids is 2. The summed E-state index contributed by atoms with van der Waals surface area (Å²) in [6, 6.07) is 10.0. The first kappa shape index (κ1) is 19.0. The number of nitrogens with zero attached hydrogens (tertiary/aromatic N) is 2. The number of hydrogen-bond acceptors (Lipinski definition) is 4. The van der Waals surface area contributed by atoms with E-state index in [9.17, 15) is 9.59 Å². The van der Waals surface area contributed by atoms with Crippen molar-refractivity contribution in [2.24, 2.45) is 5.16 Å². The van der Waals surface area contributed by atoms with Crippen molar-refractivity contribution in [1.29, 1.82) is 0 Å². The fraction of sp³-hybridized carbons (Fsp3) is 0.118. The van der Waals surface area contributed by atoms with Crippen molar-refractivity contribution in [1.82, 2.24) is 0 Å². The number of benzene rings is 2. The van der Waals surface area contributed by atoms with Crippen molar-refractivity contribution in [3.05, 3.63) is 62.6 Å². The van der Waals surface area contributed by atoms with E-state index in [2.05, 4.69) is 9.99 Å². The smallest absolute Gasteiger partial charge is 0.316 e. The molecule has 1 aliphatic heterocycles. The van der Waals surface area contributed by atoms with Gasteiger partial charge in [-0.25, -0.2) is 4.79 Å². The Labute approximate surface area is 169 Å². The molecule has 134 valence electrons. The summed E-state index contributed by atoms with van der Waals surface area (Å²) in [7, 11) is 0. The Balaban J connectivity index is 1.98. The maximum absolute atomic E-state index is 12.8. The summed E-state index contributed by atoms with van der Waals surface area (Å²) in [5, 5.41) is 4.90. The van der Waals surface area contributed by atoms with Crippen molar-refractivity contribution < 1.29 is 14.4 Å². The van der Waals surface area contributed by atoms with Crippen LogP contribution in [0.2, 0.25) is 15.1 Å². The zero-order valence-corrected chi connectivity index (χ0v) is 16.0. The highest BCUT2D eigenvalue weighted by molar-refractivity contribution is 6.54. The summed E-state index contributed by atoms with van der Waals surface area (Å²) in [5.41, 5.74) is 1.80. The molecule has 0 saturated carbocycles. The van der Waals surface area contributed by atoms with E-state index < -0.39 is 11.9 Å². The van der Waals surface area contributed by atoms with E-state index >= 15 is 0 Å². The minimum atomic E-state index is -0.765. The van der Waals surface area contributed by atoms with E-state index in [0.717, 1.165) is 5.56 Å². The molecule has 0 unspecified atom stereocenters. The Bertz CT molecular complexity index is 930. The van der Waals surface area contributed by atoms with E-state index in [4.69, 9.17) is 46.4 Å². The molecule has 1 amide bonds. The van der Waals surface area contributed by atoms with Crippen LogP contribution in [0, 0.1) is 0 Å². The number of anilines is 1. The molecular weight excluding hydrogens is 422 g/mol. The summed E-state index contributed by atoms with van der Waals surface area (Å²) >= 11 is 23.4. The number of fused-ring (bicyclic) bond motifs is 1. The molecule has 0 aliphatic carbocycles. The highest BCUT2D eigenvalue weighted by Gasteiger charge is 2.35. The Morgan fingerprint density at radius 3 is 2.54 bits per heavy atom. The van der Waals surface area contributed by atoms with Crippen LogP contribution in [0.1, 0.15) is 11.1 Å². The molecule has 26 heavy (non-hydrogen) atoms. The summed E-state index contributed by atoms with van der Waals surface area (Å²) in [4.78, 5) is 30.2. The van der Waals surface area contributed by atoms with E-state index in [1.807, 2.05) is 0 Å². The van der Waals surface area contributed by atoms with Crippen LogP contribution < -0.4 is 4.90 Å². The lowest BCUT2D eigenvalue weighted by Crippen LogP contribution is -2.29. The van der Waals surface area contributed by atoms with Gasteiger partial charge in [-0.3, -0.25) is 4.79 Å². The Hall–Kier alpha value is -1.79. The van der Waals surface area contributed by atoms with Gasteiger partial charge in [-0.15, -0.1) is 11.6 Å². The summed E-state index contributed by atoms with van der Waals surface area (Å²) < 4.78 is 0. The third-order valence-electron chi connectivity index (χ3n) is 3.62. The Morgan fingerprint density at radius 1 is 1.08 bits per heavy atom. The lowest BCUT2D eigenvalue weighted by molar-refractivity contribution is -0.140. The van der Waals surface area contributed by atoms with Gasteiger partial charge in [0.15, 0.2) is 5.71 Å². The largest absolute Gasteiger partial charge is 0.349 e. The zero-order valence-electron chi connectivity index (χ0n) is 13.0. The molecule has 0 bridgehead atoms. The van der Waals surface area contributed by atoms with Gasteiger partial charge in [-0.05, 0) is 35.9 Å². The molecule has 5 nitrogen and oxygen atoms in total. The normalized spacial score (nSPS) is 14.7. The molecular formula is C17H10Cl4N2O3. The van der Waals surface area contributed by atoms with Gasteiger partial charge in [0, 0.05) is 10.6 Å². The fourth-order valence-corrected chi connectivity index (χ4v) is 3.01. The Morgan fingerprint density at radius 2 is 1.85 bits per heavy atom. The number of carbonyl (C=O) groups is 2. The van der Waals surface area contributed by atoms with Gasteiger partial charge < -0.3 is 9.74 Å². The molecule has 9 heteroatoms. The van der Waals surface area contributed by atoms with Crippen LogP contribution in [0.4, 0.5) is 5.69 Å². The lowest BCUT2D eigenvalue weighted by atomic mass is 10.1. The first-order valence-corrected chi connectivity index (χ1v) is 8.97.